The van der Waals surface area contributed by atoms with E-state index in [-0.39, 0.29) is 5.78 Å². The fourth-order valence-electron chi connectivity index (χ4n) is 3.62. The highest BCUT2D eigenvalue weighted by molar-refractivity contribution is 7.19. The van der Waals surface area contributed by atoms with Crippen molar-refractivity contribution in [3.8, 4) is 6.07 Å². The van der Waals surface area contributed by atoms with Gasteiger partial charge in [0.2, 0.25) is 0 Å². The Morgan fingerprint density at radius 1 is 1.40 bits per heavy atom. The van der Waals surface area contributed by atoms with Gasteiger partial charge in [0.25, 0.3) is 0 Å². The predicted octanol–water partition coefficient (Wildman–Crippen LogP) is 4.56. The zero-order valence-corrected chi connectivity index (χ0v) is 17.6. The van der Waals surface area contributed by atoms with Gasteiger partial charge in [0.1, 0.15) is 5.01 Å². The van der Waals surface area contributed by atoms with Crippen LogP contribution in [0.3, 0.4) is 0 Å². The molecule has 150 valence electrons. The van der Waals surface area contributed by atoms with E-state index in [4.69, 9.17) is 5.26 Å². The molecule has 1 aromatic carbocycles. The van der Waals surface area contributed by atoms with Gasteiger partial charge in [0, 0.05) is 30.4 Å². The van der Waals surface area contributed by atoms with Crippen molar-refractivity contribution in [1.29, 1.82) is 5.26 Å². The van der Waals surface area contributed by atoms with Crippen LogP contribution in [0.15, 0.2) is 54.8 Å². The van der Waals surface area contributed by atoms with Crippen LogP contribution in [-0.4, -0.2) is 28.8 Å². The summed E-state index contributed by atoms with van der Waals surface area (Å²) in [5, 5.41) is 13.2. The van der Waals surface area contributed by atoms with Crippen LogP contribution in [0.25, 0.3) is 15.8 Å². The molecule has 4 rings (SSSR count). The van der Waals surface area contributed by atoms with Gasteiger partial charge in [0.15, 0.2) is 5.78 Å². The number of fused-ring (bicyclic) bond motifs is 1. The van der Waals surface area contributed by atoms with Crippen LogP contribution in [0.1, 0.15) is 40.0 Å². The topological polar surface area (TPSA) is 78.7 Å². The smallest absolute Gasteiger partial charge is 0.185 e. The lowest BCUT2D eigenvalue weighted by atomic mass is 9.97. The molecule has 3 aromatic rings. The van der Waals surface area contributed by atoms with E-state index in [2.05, 4.69) is 27.9 Å². The third-order valence-corrected chi connectivity index (χ3v) is 6.50. The van der Waals surface area contributed by atoms with Crippen LogP contribution < -0.4 is 5.32 Å². The second kappa shape index (κ2) is 8.70. The number of thiazole rings is 1. The highest BCUT2D eigenvalue weighted by Crippen LogP contribution is 2.29. The first-order valence-corrected chi connectivity index (χ1v) is 10.7. The third-order valence-electron chi connectivity index (χ3n) is 5.38. The summed E-state index contributed by atoms with van der Waals surface area (Å²) in [4.78, 5) is 21.8. The summed E-state index contributed by atoms with van der Waals surface area (Å²) in [7, 11) is 0. The van der Waals surface area contributed by atoms with E-state index in [9.17, 15) is 4.79 Å². The number of carbonyl (C=O) groups is 1. The Kier molecular flexibility index (Phi) is 5.84. The molecule has 0 saturated carbocycles. The number of hydrogen-bond acceptors (Lipinski definition) is 6. The number of nitrogens with zero attached hydrogens (tertiary/aromatic N) is 3. The van der Waals surface area contributed by atoms with Crippen LogP contribution in [0, 0.1) is 17.2 Å². The Labute approximate surface area is 179 Å². The maximum atomic E-state index is 12.7. The Hall–Kier alpha value is -3.14. The molecule has 0 spiro atoms. The van der Waals surface area contributed by atoms with Crippen molar-refractivity contribution in [2.24, 2.45) is 5.92 Å². The van der Waals surface area contributed by atoms with Crippen molar-refractivity contribution in [3.05, 3.63) is 76.6 Å². The molecular weight excluding hydrogens is 392 g/mol. The second-order valence-electron chi connectivity index (χ2n) is 7.57. The van der Waals surface area contributed by atoms with Gasteiger partial charge in [-0.25, -0.2) is 4.98 Å². The lowest BCUT2D eigenvalue weighted by Gasteiger charge is -2.09. The van der Waals surface area contributed by atoms with Gasteiger partial charge in [-0.2, -0.15) is 5.26 Å². The van der Waals surface area contributed by atoms with Crippen LogP contribution >= 0.6 is 11.3 Å². The van der Waals surface area contributed by atoms with Gasteiger partial charge >= 0.3 is 0 Å². The van der Waals surface area contributed by atoms with Gasteiger partial charge in [-0.05, 0) is 67.8 Å². The zero-order valence-electron chi connectivity index (χ0n) is 16.8. The predicted molar refractivity (Wildman–Crippen MR) is 120 cm³/mol. The highest BCUT2D eigenvalue weighted by atomic mass is 32.1. The minimum atomic E-state index is 0.0117. The van der Waals surface area contributed by atoms with E-state index in [0.717, 1.165) is 51.6 Å². The fraction of sp³-hybridized carbons (Fsp3) is 0.250. The maximum Gasteiger partial charge on any atom is 0.185 e. The summed E-state index contributed by atoms with van der Waals surface area (Å²) >= 11 is 1.52. The van der Waals surface area contributed by atoms with Crippen LogP contribution in [0.2, 0.25) is 0 Å². The van der Waals surface area contributed by atoms with E-state index >= 15 is 0 Å². The average Bonchev–Trinajstić information content (AvgIpc) is 3.43. The summed E-state index contributed by atoms with van der Waals surface area (Å²) < 4.78 is 0.962. The van der Waals surface area contributed by atoms with Gasteiger partial charge < -0.3 is 5.32 Å². The Morgan fingerprint density at radius 2 is 2.27 bits per heavy atom. The summed E-state index contributed by atoms with van der Waals surface area (Å²) in [6.07, 6.45) is 5.02. The number of nitriles is 1. The normalized spacial score (nSPS) is 16.5. The van der Waals surface area contributed by atoms with E-state index in [1.54, 1.807) is 24.4 Å². The average molecular weight is 415 g/mol. The molecule has 1 atom stereocenters. The van der Waals surface area contributed by atoms with Crippen molar-refractivity contribution in [3.63, 3.8) is 0 Å². The standard InChI is InChI=1S/C24H22N4OS/c1-15(19-5-7-26-14-19)10-22(29)18-6-8-27-20(12-18)9-16(2)24-28-21-4-3-17(13-25)11-23(21)30-24/h3-4,6,8,10-12,19,26H,2,5,7,9,14H2,1H3. The second-order valence-corrected chi connectivity index (χ2v) is 8.60. The number of pyridine rings is 1. The molecule has 1 aliphatic heterocycles. The SMILES string of the molecule is C=C(Cc1cc(C(=O)C=C(C)C2CCNC2)ccn1)c1nc2ccc(C#N)cc2s1. The van der Waals surface area contributed by atoms with Crippen molar-refractivity contribution < 1.29 is 4.79 Å². The Balaban J connectivity index is 1.50. The van der Waals surface area contributed by atoms with E-state index in [1.165, 1.54) is 11.3 Å². The molecule has 0 radical (unpaired) electrons. The molecule has 2 aromatic heterocycles. The van der Waals surface area contributed by atoms with Crippen molar-refractivity contribution in [1.82, 2.24) is 15.3 Å². The maximum absolute atomic E-state index is 12.7. The largest absolute Gasteiger partial charge is 0.316 e. The van der Waals surface area contributed by atoms with Crippen LogP contribution in [0.4, 0.5) is 0 Å². The van der Waals surface area contributed by atoms with Gasteiger partial charge in [-0.15, -0.1) is 11.3 Å². The number of rotatable bonds is 6. The highest BCUT2D eigenvalue weighted by Gasteiger charge is 2.17. The molecule has 5 nitrogen and oxygen atoms in total. The van der Waals surface area contributed by atoms with Gasteiger partial charge in [-0.1, -0.05) is 12.2 Å². The third kappa shape index (κ3) is 4.38. The van der Waals surface area contributed by atoms with Gasteiger partial charge in [0.05, 0.1) is 21.8 Å². The first kappa shape index (κ1) is 20.1. The lowest BCUT2D eigenvalue weighted by molar-refractivity contribution is 0.104. The summed E-state index contributed by atoms with van der Waals surface area (Å²) in [6, 6.07) is 11.2. The monoisotopic (exact) mass is 414 g/mol. The van der Waals surface area contributed by atoms with Crippen molar-refractivity contribution in [2.75, 3.05) is 13.1 Å². The van der Waals surface area contributed by atoms with Crippen molar-refractivity contribution in [2.45, 2.75) is 19.8 Å². The molecule has 0 bridgehead atoms. The molecule has 3 heterocycles. The summed E-state index contributed by atoms with van der Waals surface area (Å²) in [6.45, 7) is 8.15. The molecule has 30 heavy (non-hydrogen) atoms. The molecular formula is C24H22N4OS. The lowest BCUT2D eigenvalue weighted by Crippen LogP contribution is -2.10. The van der Waals surface area contributed by atoms with E-state index in [0.29, 0.717) is 23.5 Å². The quantitative estimate of drug-likeness (QED) is 0.473. The Bertz CT molecular complexity index is 1200. The number of carbonyl (C=O) groups excluding carboxylic acids is 1. The molecule has 1 N–H and O–H groups in total. The number of benzene rings is 1. The molecule has 1 saturated heterocycles. The minimum Gasteiger partial charge on any atom is -0.316 e. The minimum absolute atomic E-state index is 0.0117. The zero-order chi connectivity index (χ0) is 21.1. The fourth-order valence-corrected chi connectivity index (χ4v) is 4.59. The first-order valence-electron chi connectivity index (χ1n) is 9.90. The van der Waals surface area contributed by atoms with Gasteiger partial charge in [-0.3, -0.25) is 9.78 Å². The molecule has 6 heteroatoms. The van der Waals surface area contributed by atoms with Crippen LogP contribution in [-0.2, 0) is 6.42 Å². The molecule has 1 aliphatic rings. The number of hydrogen-bond donors (Lipinski definition) is 1. The van der Waals surface area contributed by atoms with Crippen LogP contribution in [0.5, 0.6) is 0 Å². The first-order chi connectivity index (χ1) is 14.5. The molecule has 1 fully saturated rings. The van der Waals surface area contributed by atoms with Crippen molar-refractivity contribution >= 4 is 32.9 Å². The molecule has 0 amide bonds. The number of ketones is 1. The van der Waals surface area contributed by atoms with E-state index < -0.39 is 0 Å². The molecule has 1 unspecified atom stereocenters. The summed E-state index contributed by atoms with van der Waals surface area (Å²) in [5.41, 5.74) is 4.87. The van der Waals surface area contributed by atoms with E-state index in [1.807, 2.05) is 25.1 Å². The summed E-state index contributed by atoms with van der Waals surface area (Å²) in [5.74, 6) is 0.452. The number of aromatic nitrogens is 2. The number of allylic oxidation sites excluding steroid dienone is 2. The molecule has 0 aliphatic carbocycles. The number of nitrogens with one attached hydrogen (secondary N) is 1. The Morgan fingerprint density at radius 3 is 3.03 bits per heavy atom.